The van der Waals surface area contributed by atoms with E-state index in [-0.39, 0.29) is 36.0 Å². The normalized spacial score (nSPS) is 24.4. The van der Waals surface area contributed by atoms with Crippen LogP contribution in [0.5, 0.6) is 0 Å². The lowest BCUT2D eigenvalue weighted by Gasteiger charge is -2.33. The van der Waals surface area contributed by atoms with E-state index < -0.39 is 0 Å². The predicted octanol–water partition coefficient (Wildman–Crippen LogP) is 2.13. The average molecular weight is 452 g/mol. The van der Waals surface area contributed by atoms with Crippen LogP contribution in [0.3, 0.4) is 0 Å². The van der Waals surface area contributed by atoms with E-state index in [0.717, 1.165) is 51.3 Å². The summed E-state index contributed by atoms with van der Waals surface area (Å²) in [6.07, 6.45) is 6.50. The molecule has 0 radical (unpaired) electrons. The maximum atomic E-state index is 12.3. The Hall–Kier alpha value is -0.570. The van der Waals surface area contributed by atoms with E-state index in [9.17, 15) is 4.79 Å². The molecule has 6 nitrogen and oxygen atoms in total. The fourth-order valence-corrected chi connectivity index (χ4v) is 3.22. The molecule has 2 atom stereocenters. The summed E-state index contributed by atoms with van der Waals surface area (Å²) in [5.41, 5.74) is 0. The number of aliphatic imine (C=N–C) groups is 1. The second-order valence-electron chi connectivity index (χ2n) is 6.46. The van der Waals surface area contributed by atoms with E-state index in [1.54, 1.807) is 0 Å². The van der Waals surface area contributed by atoms with Crippen molar-refractivity contribution in [2.24, 2.45) is 4.99 Å². The smallest absolute Gasteiger partial charge is 0.224 e. The van der Waals surface area contributed by atoms with E-state index in [0.29, 0.717) is 25.6 Å². The van der Waals surface area contributed by atoms with E-state index in [4.69, 9.17) is 4.74 Å². The number of hydrogen-bond donors (Lipinski definition) is 2. The van der Waals surface area contributed by atoms with E-state index >= 15 is 0 Å². The molecule has 0 aliphatic carbocycles. The van der Waals surface area contributed by atoms with Crippen molar-refractivity contribution >= 4 is 35.8 Å². The van der Waals surface area contributed by atoms with Crippen LogP contribution in [0.15, 0.2) is 4.99 Å². The molecule has 2 aliphatic heterocycles. The Balaban J connectivity index is 0.00000288. The number of carbonyl (C=O) groups excluding carboxylic acids is 1. The largest absolute Gasteiger partial charge is 0.376 e. The van der Waals surface area contributed by atoms with Crippen LogP contribution in [-0.4, -0.2) is 61.7 Å². The molecule has 2 unspecified atom stereocenters. The molecule has 140 valence electrons. The first kappa shape index (κ1) is 21.5. The third-order valence-electron chi connectivity index (χ3n) is 4.58. The summed E-state index contributed by atoms with van der Waals surface area (Å²) in [6.45, 7) is 8.08. The molecule has 0 aromatic heterocycles. The Morgan fingerprint density at radius 3 is 2.75 bits per heavy atom. The van der Waals surface area contributed by atoms with Gasteiger partial charge in [0.15, 0.2) is 5.96 Å². The summed E-state index contributed by atoms with van der Waals surface area (Å²) in [5.74, 6) is 1.03. The number of hydrogen-bond acceptors (Lipinski definition) is 3. The zero-order valence-corrected chi connectivity index (χ0v) is 17.4. The SMILES string of the molecule is CCNC(=NCC1CCCO1)NCCC(=O)N1CCCCC1C.I. The Kier molecular flexibility index (Phi) is 10.6. The number of ether oxygens (including phenoxy) is 1. The van der Waals surface area contributed by atoms with Gasteiger partial charge in [0.05, 0.1) is 12.6 Å². The molecule has 2 saturated heterocycles. The maximum Gasteiger partial charge on any atom is 0.224 e. The highest BCUT2D eigenvalue weighted by molar-refractivity contribution is 14.0. The van der Waals surface area contributed by atoms with Gasteiger partial charge in [-0.3, -0.25) is 9.79 Å². The number of rotatable bonds is 6. The summed E-state index contributed by atoms with van der Waals surface area (Å²) < 4.78 is 5.59. The summed E-state index contributed by atoms with van der Waals surface area (Å²) in [6, 6.07) is 0.387. The lowest BCUT2D eigenvalue weighted by Crippen LogP contribution is -2.44. The van der Waals surface area contributed by atoms with Gasteiger partial charge in [0.2, 0.25) is 5.91 Å². The highest BCUT2D eigenvalue weighted by Crippen LogP contribution is 2.17. The molecule has 7 heteroatoms. The van der Waals surface area contributed by atoms with E-state index in [1.165, 1.54) is 6.42 Å². The first-order valence-corrected chi connectivity index (χ1v) is 9.14. The summed E-state index contributed by atoms with van der Waals surface area (Å²) in [4.78, 5) is 18.9. The van der Waals surface area contributed by atoms with E-state index in [2.05, 4.69) is 22.5 Å². The van der Waals surface area contributed by atoms with Gasteiger partial charge in [-0.1, -0.05) is 0 Å². The fraction of sp³-hybridized carbons (Fsp3) is 0.882. The van der Waals surface area contributed by atoms with Crippen LogP contribution in [0.1, 0.15) is 52.4 Å². The van der Waals surface area contributed by atoms with Crippen LogP contribution in [0.4, 0.5) is 0 Å². The van der Waals surface area contributed by atoms with Gasteiger partial charge in [0.1, 0.15) is 0 Å². The molecular formula is C17H33IN4O2. The quantitative estimate of drug-likeness (QED) is 0.368. The topological polar surface area (TPSA) is 66.0 Å². The van der Waals surface area contributed by atoms with Crippen molar-refractivity contribution < 1.29 is 9.53 Å². The molecule has 2 rings (SSSR count). The molecule has 0 bridgehead atoms. The molecule has 2 aliphatic rings. The van der Waals surface area contributed by atoms with Crippen molar-refractivity contribution in [2.75, 3.05) is 32.8 Å². The first-order chi connectivity index (χ1) is 11.2. The molecule has 0 aromatic rings. The number of nitrogens with one attached hydrogen (secondary N) is 2. The Labute approximate surface area is 163 Å². The number of likely N-dealkylation sites (tertiary alicyclic amines) is 1. The molecule has 0 aromatic carbocycles. The second kappa shape index (κ2) is 11.9. The van der Waals surface area contributed by atoms with Crippen LogP contribution >= 0.6 is 24.0 Å². The van der Waals surface area contributed by atoms with Gasteiger partial charge < -0.3 is 20.3 Å². The van der Waals surface area contributed by atoms with Crippen molar-refractivity contribution in [3.8, 4) is 0 Å². The maximum absolute atomic E-state index is 12.3. The van der Waals surface area contributed by atoms with Crippen molar-refractivity contribution in [3.05, 3.63) is 0 Å². The van der Waals surface area contributed by atoms with Crippen molar-refractivity contribution in [1.82, 2.24) is 15.5 Å². The lowest BCUT2D eigenvalue weighted by atomic mass is 10.0. The molecule has 0 spiro atoms. The highest BCUT2D eigenvalue weighted by atomic mass is 127. The fourth-order valence-electron chi connectivity index (χ4n) is 3.22. The molecule has 1 amide bonds. The zero-order valence-electron chi connectivity index (χ0n) is 15.1. The zero-order chi connectivity index (χ0) is 16.5. The third kappa shape index (κ3) is 7.13. The minimum Gasteiger partial charge on any atom is -0.376 e. The van der Waals surface area contributed by atoms with Crippen molar-refractivity contribution in [2.45, 2.75) is 64.5 Å². The van der Waals surface area contributed by atoms with Gasteiger partial charge in [-0.25, -0.2) is 0 Å². The van der Waals surface area contributed by atoms with Crippen LogP contribution < -0.4 is 10.6 Å². The Morgan fingerprint density at radius 2 is 2.08 bits per heavy atom. The minimum atomic E-state index is 0. The van der Waals surface area contributed by atoms with Gasteiger partial charge >= 0.3 is 0 Å². The van der Waals surface area contributed by atoms with Gasteiger partial charge in [-0.15, -0.1) is 24.0 Å². The van der Waals surface area contributed by atoms with Gasteiger partial charge in [-0.2, -0.15) is 0 Å². The van der Waals surface area contributed by atoms with Crippen molar-refractivity contribution in [1.29, 1.82) is 0 Å². The van der Waals surface area contributed by atoms with Gasteiger partial charge in [0, 0.05) is 38.7 Å². The van der Waals surface area contributed by atoms with Crippen molar-refractivity contribution in [3.63, 3.8) is 0 Å². The molecule has 2 fully saturated rings. The van der Waals surface area contributed by atoms with Crippen LogP contribution in [-0.2, 0) is 9.53 Å². The Morgan fingerprint density at radius 1 is 1.25 bits per heavy atom. The summed E-state index contributed by atoms with van der Waals surface area (Å²) in [5, 5.41) is 6.49. The molecular weight excluding hydrogens is 419 g/mol. The third-order valence-corrected chi connectivity index (χ3v) is 4.58. The van der Waals surface area contributed by atoms with E-state index in [1.807, 2.05) is 11.8 Å². The number of carbonyl (C=O) groups is 1. The second-order valence-corrected chi connectivity index (χ2v) is 6.46. The molecule has 2 N–H and O–H groups in total. The number of piperidine rings is 1. The van der Waals surface area contributed by atoms with Gasteiger partial charge in [0.25, 0.3) is 0 Å². The Bertz CT molecular complexity index is 400. The highest BCUT2D eigenvalue weighted by Gasteiger charge is 2.22. The first-order valence-electron chi connectivity index (χ1n) is 9.14. The van der Waals surface area contributed by atoms with Crippen LogP contribution in [0.25, 0.3) is 0 Å². The standard InChI is InChI=1S/C17H32N4O2.HI/c1-3-18-17(20-13-15-8-6-12-23-15)19-10-9-16(22)21-11-5-4-7-14(21)2;/h14-15H,3-13H2,1-2H3,(H2,18,19,20);1H. The molecule has 24 heavy (non-hydrogen) atoms. The minimum absolute atomic E-state index is 0. The number of amides is 1. The number of nitrogens with zero attached hydrogens (tertiary/aromatic N) is 2. The average Bonchev–Trinajstić information content (AvgIpc) is 3.06. The predicted molar refractivity (Wildman–Crippen MR) is 108 cm³/mol. The van der Waals surface area contributed by atoms with Crippen LogP contribution in [0, 0.1) is 0 Å². The number of guanidine groups is 1. The monoisotopic (exact) mass is 452 g/mol. The van der Waals surface area contributed by atoms with Crippen LogP contribution in [0.2, 0.25) is 0 Å². The molecule has 0 saturated carbocycles. The molecule has 2 heterocycles. The van der Waals surface area contributed by atoms with Gasteiger partial charge in [-0.05, 0) is 46.0 Å². The number of halogens is 1. The lowest BCUT2D eigenvalue weighted by molar-refractivity contribution is -0.134. The summed E-state index contributed by atoms with van der Waals surface area (Å²) in [7, 11) is 0. The summed E-state index contributed by atoms with van der Waals surface area (Å²) >= 11 is 0.